The minimum Gasteiger partial charge on any atom is -0.466 e. The fourth-order valence-corrected chi connectivity index (χ4v) is 4.62. The van der Waals surface area contributed by atoms with Crippen LogP contribution in [0.25, 0.3) is 32.6 Å². The Morgan fingerprint density at radius 1 is 1.03 bits per heavy atom. The minimum absolute atomic E-state index is 0.156. The summed E-state index contributed by atoms with van der Waals surface area (Å²) in [6, 6.07) is 8.96. The molecule has 0 aliphatic heterocycles. The molecule has 4 aromatic heterocycles. The van der Waals surface area contributed by atoms with Gasteiger partial charge in [0.15, 0.2) is 5.13 Å². The van der Waals surface area contributed by atoms with E-state index >= 15 is 0 Å². The summed E-state index contributed by atoms with van der Waals surface area (Å²) < 4.78 is 11.8. The maximum Gasteiger partial charge on any atom is 0.259 e. The highest BCUT2D eigenvalue weighted by molar-refractivity contribution is 7.22. The molecule has 10 heteroatoms. The molecule has 0 unspecified atom stereocenters. The number of furan rings is 1. The topological polar surface area (TPSA) is 123 Å². The maximum atomic E-state index is 13.3. The average Bonchev–Trinajstić information content (AvgIpc) is 3.42. The predicted molar refractivity (Wildman–Crippen MR) is 126 cm³/mol. The first-order chi connectivity index (χ1) is 15.8. The van der Waals surface area contributed by atoms with Crippen molar-refractivity contribution in [3.05, 3.63) is 53.1 Å². The van der Waals surface area contributed by atoms with Crippen LogP contribution in [0.5, 0.6) is 0 Å². The number of aryl methyl sites for hydroxylation is 3. The maximum absolute atomic E-state index is 13.3. The van der Waals surface area contributed by atoms with Gasteiger partial charge in [-0.1, -0.05) is 16.5 Å². The Bertz CT molecular complexity index is 1560. The summed E-state index contributed by atoms with van der Waals surface area (Å²) in [7, 11) is 0. The molecule has 0 radical (unpaired) electrons. The highest BCUT2D eigenvalue weighted by Crippen LogP contribution is 2.32. The Labute approximate surface area is 191 Å². The molecule has 33 heavy (non-hydrogen) atoms. The van der Waals surface area contributed by atoms with Gasteiger partial charge in [0, 0.05) is 18.2 Å². The summed E-state index contributed by atoms with van der Waals surface area (Å²) in [4.78, 5) is 33.7. The van der Waals surface area contributed by atoms with E-state index in [9.17, 15) is 9.59 Å². The van der Waals surface area contributed by atoms with Crippen LogP contribution >= 0.6 is 11.3 Å². The third kappa shape index (κ3) is 3.85. The summed E-state index contributed by atoms with van der Waals surface area (Å²) in [5.41, 5.74) is 3.95. The lowest BCUT2D eigenvalue weighted by Crippen LogP contribution is -2.13. The van der Waals surface area contributed by atoms with Crippen molar-refractivity contribution >= 4 is 55.3 Å². The number of nitrogens with one attached hydrogen (secondary N) is 2. The number of hydrogen-bond donors (Lipinski definition) is 2. The van der Waals surface area contributed by atoms with E-state index in [1.165, 1.54) is 18.3 Å². The molecule has 1 aromatic carbocycles. The molecule has 0 saturated carbocycles. The number of nitrogens with zero attached hydrogens (tertiary/aromatic N) is 3. The van der Waals surface area contributed by atoms with Crippen LogP contribution in [0.2, 0.25) is 0 Å². The van der Waals surface area contributed by atoms with Gasteiger partial charge in [-0.05, 0) is 51.1 Å². The first-order valence-corrected chi connectivity index (χ1v) is 10.9. The van der Waals surface area contributed by atoms with Crippen LogP contribution in [0.3, 0.4) is 0 Å². The second-order valence-corrected chi connectivity index (χ2v) is 8.70. The van der Waals surface area contributed by atoms with Crippen LogP contribution in [0.15, 0.2) is 39.3 Å². The Morgan fingerprint density at radius 3 is 2.58 bits per heavy atom. The highest BCUT2D eigenvalue weighted by Gasteiger charge is 2.22. The number of amides is 2. The largest absolute Gasteiger partial charge is 0.466 e. The van der Waals surface area contributed by atoms with Gasteiger partial charge in [-0.15, -0.1) is 0 Å². The van der Waals surface area contributed by atoms with Gasteiger partial charge in [-0.25, -0.2) is 9.97 Å². The number of anilines is 2. The molecule has 0 saturated heterocycles. The lowest BCUT2D eigenvalue weighted by Gasteiger charge is -2.06. The zero-order chi connectivity index (χ0) is 23.3. The van der Waals surface area contributed by atoms with E-state index in [0.29, 0.717) is 38.9 Å². The van der Waals surface area contributed by atoms with Gasteiger partial charge in [0.2, 0.25) is 5.91 Å². The quantitative estimate of drug-likeness (QED) is 0.376. The van der Waals surface area contributed by atoms with Gasteiger partial charge in [-0.3, -0.25) is 14.9 Å². The molecule has 0 fully saturated rings. The Kier molecular flexibility index (Phi) is 4.94. The molecule has 0 aliphatic rings. The molecule has 5 rings (SSSR count). The van der Waals surface area contributed by atoms with E-state index in [2.05, 4.69) is 25.8 Å². The standard InChI is InChI=1S/C23H19N5O4S/c1-10-7-15(12(3)31-10)18-9-16(20-11(2)28-32-22(20)25-18)21(30)27-23-26-17-6-5-14(24-13(4)29)8-19(17)33-23/h5-9H,1-4H3,(H,24,29)(H,26,27,30). The third-order valence-electron chi connectivity index (χ3n) is 5.11. The smallest absolute Gasteiger partial charge is 0.259 e. The SMILES string of the molecule is CC(=O)Nc1ccc2nc(NC(=O)c3cc(-c4cc(C)oc4C)nc4onc(C)c34)sc2c1. The molecule has 0 aliphatic carbocycles. The van der Waals surface area contributed by atoms with Crippen molar-refractivity contribution in [1.82, 2.24) is 15.1 Å². The van der Waals surface area contributed by atoms with Gasteiger partial charge in [0.05, 0.1) is 32.6 Å². The van der Waals surface area contributed by atoms with E-state index in [-0.39, 0.29) is 17.5 Å². The van der Waals surface area contributed by atoms with Crippen LogP contribution in [0.1, 0.15) is 34.5 Å². The van der Waals surface area contributed by atoms with Crippen LogP contribution < -0.4 is 10.6 Å². The van der Waals surface area contributed by atoms with Gasteiger partial charge in [-0.2, -0.15) is 0 Å². The molecule has 2 amide bonds. The molecular formula is C23H19N5O4S. The molecule has 2 N–H and O–H groups in total. The number of fused-ring (bicyclic) bond motifs is 2. The Hall–Kier alpha value is -4.05. The molecule has 4 heterocycles. The number of benzene rings is 1. The zero-order valence-corrected chi connectivity index (χ0v) is 19.1. The van der Waals surface area contributed by atoms with Gasteiger partial charge >= 0.3 is 0 Å². The third-order valence-corrected chi connectivity index (χ3v) is 6.04. The summed E-state index contributed by atoms with van der Waals surface area (Å²) in [6.07, 6.45) is 0. The zero-order valence-electron chi connectivity index (χ0n) is 18.3. The normalized spacial score (nSPS) is 11.3. The number of pyridine rings is 1. The van der Waals surface area contributed by atoms with Gasteiger partial charge < -0.3 is 14.3 Å². The summed E-state index contributed by atoms with van der Waals surface area (Å²) >= 11 is 1.32. The summed E-state index contributed by atoms with van der Waals surface area (Å²) in [5, 5.41) is 10.6. The highest BCUT2D eigenvalue weighted by atomic mass is 32.1. The Balaban J connectivity index is 1.53. The monoisotopic (exact) mass is 461 g/mol. The lowest BCUT2D eigenvalue weighted by atomic mass is 10.1. The molecule has 9 nitrogen and oxygen atoms in total. The lowest BCUT2D eigenvalue weighted by molar-refractivity contribution is -0.114. The van der Waals surface area contributed by atoms with Crippen molar-refractivity contribution in [2.24, 2.45) is 0 Å². The fourth-order valence-electron chi connectivity index (χ4n) is 3.72. The van der Waals surface area contributed by atoms with Crippen molar-refractivity contribution in [3.63, 3.8) is 0 Å². The molecular weight excluding hydrogens is 442 g/mol. The van der Waals surface area contributed by atoms with Crippen molar-refractivity contribution in [2.45, 2.75) is 27.7 Å². The van der Waals surface area contributed by atoms with E-state index in [4.69, 9.17) is 8.94 Å². The average molecular weight is 462 g/mol. The van der Waals surface area contributed by atoms with Crippen LogP contribution in [0, 0.1) is 20.8 Å². The minimum atomic E-state index is -0.353. The number of rotatable bonds is 4. The summed E-state index contributed by atoms with van der Waals surface area (Å²) in [5.74, 6) is 0.936. The van der Waals surface area contributed by atoms with Crippen molar-refractivity contribution < 1.29 is 18.5 Å². The number of carbonyl (C=O) groups excluding carboxylic acids is 2. The molecule has 0 atom stereocenters. The van der Waals surface area contributed by atoms with Crippen molar-refractivity contribution in [2.75, 3.05) is 10.6 Å². The number of aromatic nitrogens is 3. The molecule has 0 spiro atoms. The summed E-state index contributed by atoms with van der Waals surface area (Å²) in [6.45, 7) is 6.91. The first kappa shape index (κ1) is 20.8. The molecule has 166 valence electrons. The van der Waals surface area contributed by atoms with E-state index in [1.807, 2.05) is 26.0 Å². The van der Waals surface area contributed by atoms with Crippen LogP contribution in [-0.2, 0) is 4.79 Å². The van der Waals surface area contributed by atoms with Crippen molar-refractivity contribution in [3.8, 4) is 11.3 Å². The van der Waals surface area contributed by atoms with Crippen LogP contribution in [-0.4, -0.2) is 26.9 Å². The van der Waals surface area contributed by atoms with Gasteiger partial charge in [0.25, 0.3) is 11.6 Å². The second kappa shape index (κ2) is 7.82. The van der Waals surface area contributed by atoms with Crippen molar-refractivity contribution in [1.29, 1.82) is 0 Å². The number of carbonyl (C=O) groups is 2. The number of hydrogen-bond acceptors (Lipinski definition) is 8. The van der Waals surface area contributed by atoms with E-state index < -0.39 is 0 Å². The predicted octanol–water partition coefficient (Wildman–Crippen LogP) is 5.23. The second-order valence-electron chi connectivity index (χ2n) is 7.67. The van der Waals surface area contributed by atoms with E-state index in [1.54, 1.807) is 25.1 Å². The van der Waals surface area contributed by atoms with E-state index in [0.717, 1.165) is 21.5 Å². The fraction of sp³-hybridized carbons (Fsp3) is 0.174. The Morgan fingerprint density at radius 2 is 1.85 bits per heavy atom. The molecule has 5 aromatic rings. The molecule has 0 bridgehead atoms. The first-order valence-electron chi connectivity index (χ1n) is 10.1. The van der Waals surface area contributed by atoms with Gasteiger partial charge in [0.1, 0.15) is 11.5 Å². The number of thiazole rings is 1. The van der Waals surface area contributed by atoms with Crippen LogP contribution in [0.4, 0.5) is 10.8 Å².